The highest BCUT2D eigenvalue weighted by atomic mass is 19.4. The molecule has 1 atom stereocenters. The molecule has 17 heavy (non-hydrogen) atoms. The van der Waals surface area contributed by atoms with Crippen molar-refractivity contribution < 1.29 is 13.2 Å². The van der Waals surface area contributed by atoms with Crippen molar-refractivity contribution in [1.82, 2.24) is 4.90 Å². The molecule has 1 aliphatic heterocycles. The average Bonchev–Trinajstić information content (AvgIpc) is 2.63. The first kappa shape index (κ1) is 12.4. The molecule has 0 unspecified atom stereocenters. The van der Waals surface area contributed by atoms with Gasteiger partial charge < -0.3 is 5.73 Å². The minimum atomic E-state index is -4.27. The van der Waals surface area contributed by atoms with Crippen molar-refractivity contribution >= 4 is 0 Å². The van der Waals surface area contributed by atoms with Gasteiger partial charge in [-0.25, -0.2) is 0 Å². The summed E-state index contributed by atoms with van der Waals surface area (Å²) in [6.07, 6.45) is -3.35. The summed E-state index contributed by atoms with van der Waals surface area (Å²) >= 11 is 0. The molecule has 0 saturated carbocycles. The molecule has 0 spiro atoms. The van der Waals surface area contributed by atoms with E-state index in [0.717, 1.165) is 25.6 Å². The smallest absolute Gasteiger partial charge is 0.326 e. The maximum Gasteiger partial charge on any atom is 0.416 e. The molecule has 1 aliphatic rings. The van der Waals surface area contributed by atoms with Crippen molar-refractivity contribution in [3.8, 4) is 0 Å². The number of nitrogens with zero attached hydrogens (tertiary/aromatic N) is 1. The number of nitrogens with two attached hydrogens (primary N) is 1. The third-order valence-corrected chi connectivity index (χ3v) is 2.97. The Hall–Kier alpha value is -1.07. The highest BCUT2D eigenvalue weighted by molar-refractivity contribution is 5.25. The zero-order valence-corrected chi connectivity index (χ0v) is 9.37. The summed E-state index contributed by atoms with van der Waals surface area (Å²) in [5.74, 6) is 0. The number of rotatable bonds is 2. The molecule has 0 bridgehead atoms. The van der Waals surface area contributed by atoms with E-state index in [4.69, 9.17) is 5.73 Å². The van der Waals surface area contributed by atoms with E-state index < -0.39 is 11.7 Å². The SMILES string of the molecule is N[C@H]1CCN(Cc2cccc(C(F)(F)F)c2)C1. The lowest BCUT2D eigenvalue weighted by Gasteiger charge is -2.16. The molecule has 1 saturated heterocycles. The summed E-state index contributed by atoms with van der Waals surface area (Å²) in [4.78, 5) is 2.08. The monoisotopic (exact) mass is 244 g/mol. The molecule has 0 radical (unpaired) electrons. The lowest BCUT2D eigenvalue weighted by molar-refractivity contribution is -0.137. The minimum absolute atomic E-state index is 0.154. The molecule has 1 heterocycles. The van der Waals surface area contributed by atoms with Crippen molar-refractivity contribution in [3.63, 3.8) is 0 Å². The zero-order chi connectivity index (χ0) is 12.5. The number of halogens is 3. The second-order valence-corrected chi connectivity index (χ2v) is 4.48. The Morgan fingerprint density at radius 1 is 1.35 bits per heavy atom. The lowest BCUT2D eigenvalue weighted by Crippen LogP contribution is -2.26. The van der Waals surface area contributed by atoms with Crippen LogP contribution in [0.2, 0.25) is 0 Å². The normalized spacial score (nSPS) is 22.0. The maximum atomic E-state index is 12.5. The van der Waals surface area contributed by atoms with Crippen LogP contribution in [0.15, 0.2) is 24.3 Å². The summed E-state index contributed by atoms with van der Waals surface area (Å²) in [6.45, 7) is 2.16. The largest absolute Gasteiger partial charge is 0.416 e. The molecule has 0 amide bonds. The van der Waals surface area contributed by atoms with E-state index in [1.54, 1.807) is 6.07 Å². The summed E-state index contributed by atoms with van der Waals surface area (Å²) < 4.78 is 37.5. The Kier molecular flexibility index (Phi) is 3.40. The van der Waals surface area contributed by atoms with E-state index in [9.17, 15) is 13.2 Å². The minimum Gasteiger partial charge on any atom is -0.326 e. The van der Waals surface area contributed by atoms with Gasteiger partial charge in [0.25, 0.3) is 0 Å². The maximum absolute atomic E-state index is 12.5. The van der Waals surface area contributed by atoms with Crippen molar-refractivity contribution in [3.05, 3.63) is 35.4 Å². The molecule has 2 rings (SSSR count). The first-order chi connectivity index (χ1) is 7.95. The number of likely N-dealkylation sites (tertiary alicyclic amines) is 1. The van der Waals surface area contributed by atoms with Crippen LogP contribution in [0.5, 0.6) is 0 Å². The summed E-state index contributed by atoms with van der Waals surface area (Å²) in [5.41, 5.74) is 5.86. The number of benzene rings is 1. The fourth-order valence-corrected chi connectivity index (χ4v) is 2.11. The Morgan fingerprint density at radius 2 is 2.12 bits per heavy atom. The Morgan fingerprint density at radius 3 is 2.71 bits per heavy atom. The van der Waals surface area contributed by atoms with Crippen molar-refractivity contribution in [2.24, 2.45) is 5.73 Å². The second-order valence-electron chi connectivity index (χ2n) is 4.48. The van der Waals surface area contributed by atoms with Gasteiger partial charge in [-0.3, -0.25) is 4.90 Å². The van der Waals surface area contributed by atoms with Gasteiger partial charge in [-0.1, -0.05) is 18.2 Å². The highest BCUT2D eigenvalue weighted by Crippen LogP contribution is 2.29. The molecule has 1 fully saturated rings. The third-order valence-electron chi connectivity index (χ3n) is 2.97. The highest BCUT2D eigenvalue weighted by Gasteiger charge is 2.30. The van der Waals surface area contributed by atoms with Gasteiger partial charge in [0, 0.05) is 25.7 Å². The molecule has 2 N–H and O–H groups in total. The predicted octanol–water partition coefficient (Wildman–Crippen LogP) is 2.24. The van der Waals surface area contributed by atoms with Gasteiger partial charge in [-0.15, -0.1) is 0 Å². The van der Waals surface area contributed by atoms with Crippen LogP contribution in [0.1, 0.15) is 17.5 Å². The van der Waals surface area contributed by atoms with Crippen LogP contribution in [0.4, 0.5) is 13.2 Å². The first-order valence-electron chi connectivity index (χ1n) is 5.59. The van der Waals surface area contributed by atoms with Gasteiger partial charge in [0.2, 0.25) is 0 Å². The Labute approximate surface area is 98.2 Å². The zero-order valence-electron chi connectivity index (χ0n) is 9.37. The van der Waals surface area contributed by atoms with Crippen LogP contribution in [-0.4, -0.2) is 24.0 Å². The van der Waals surface area contributed by atoms with Gasteiger partial charge in [0.05, 0.1) is 5.56 Å². The van der Waals surface area contributed by atoms with Gasteiger partial charge in [-0.2, -0.15) is 13.2 Å². The first-order valence-corrected chi connectivity index (χ1v) is 5.59. The van der Waals surface area contributed by atoms with Crippen LogP contribution in [-0.2, 0) is 12.7 Å². The molecule has 1 aromatic rings. The van der Waals surface area contributed by atoms with Crippen LogP contribution < -0.4 is 5.73 Å². The second kappa shape index (κ2) is 4.66. The van der Waals surface area contributed by atoms with Crippen molar-refractivity contribution in [1.29, 1.82) is 0 Å². The van der Waals surface area contributed by atoms with Crippen molar-refractivity contribution in [2.45, 2.75) is 25.2 Å². The Bertz CT molecular complexity index is 390. The molecular weight excluding hydrogens is 229 g/mol. The van der Waals surface area contributed by atoms with Crippen LogP contribution in [0.3, 0.4) is 0 Å². The van der Waals surface area contributed by atoms with Gasteiger partial charge in [0.15, 0.2) is 0 Å². The Balaban J connectivity index is 2.06. The fourth-order valence-electron chi connectivity index (χ4n) is 2.11. The summed E-state index contributed by atoms with van der Waals surface area (Å²) in [6, 6.07) is 5.64. The van der Waals surface area contributed by atoms with Crippen LogP contribution in [0.25, 0.3) is 0 Å². The van der Waals surface area contributed by atoms with Crippen LogP contribution in [0, 0.1) is 0 Å². The molecule has 0 aromatic heterocycles. The van der Waals surface area contributed by atoms with Crippen LogP contribution >= 0.6 is 0 Å². The molecule has 2 nitrogen and oxygen atoms in total. The third kappa shape index (κ3) is 3.20. The van der Waals surface area contributed by atoms with Crippen molar-refractivity contribution in [2.75, 3.05) is 13.1 Å². The molecule has 0 aliphatic carbocycles. The summed E-state index contributed by atoms with van der Waals surface area (Å²) in [7, 11) is 0. The fraction of sp³-hybridized carbons (Fsp3) is 0.500. The molecule has 94 valence electrons. The average molecular weight is 244 g/mol. The van der Waals surface area contributed by atoms with E-state index in [1.165, 1.54) is 12.1 Å². The molecule has 5 heteroatoms. The topological polar surface area (TPSA) is 29.3 Å². The summed E-state index contributed by atoms with van der Waals surface area (Å²) in [5, 5.41) is 0. The number of hydrogen-bond donors (Lipinski definition) is 1. The van der Waals surface area contributed by atoms with Gasteiger partial charge in [-0.05, 0) is 18.1 Å². The van der Waals surface area contributed by atoms with E-state index in [0.29, 0.717) is 12.1 Å². The van der Waals surface area contributed by atoms with Gasteiger partial charge >= 0.3 is 6.18 Å². The quantitative estimate of drug-likeness (QED) is 0.864. The predicted molar refractivity (Wildman–Crippen MR) is 59.3 cm³/mol. The number of hydrogen-bond acceptors (Lipinski definition) is 2. The standard InChI is InChI=1S/C12H15F3N2/c13-12(14,15)10-3-1-2-9(6-10)7-17-5-4-11(16)8-17/h1-3,6,11H,4-5,7-8,16H2/t11-/m0/s1. The lowest BCUT2D eigenvalue weighted by atomic mass is 10.1. The van der Waals surface area contributed by atoms with Gasteiger partial charge in [0.1, 0.15) is 0 Å². The molecule has 1 aromatic carbocycles. The van der Waals surface area contributed by atoms with E-state index in [-0.39, 0.29) is 6.04 Å². The van der Waals surface area contributed by atoms with E-state index in [2.05, 4.69) is 4.90 Å². The molecular formula is C12H15F3N2. The van der Waals surface area contributed by atoms with E-state index in [1.807, 2.05) is 0 Å². The van der Waals surface area contributed by atoms with E-state index >= 15 is 0 Å². The number of alkyl halides is 3.